The third-order valence-electron chi connectivity index (χ3n) is 19.3. The van der Waals surface area contributed by atoms with Crippen LogP contribution in [-0.2, 0) is 52.2 Å². The number of carbonyl (C=O) groups excluding carboxylic acids is 1. The number of aliphatic hydroxyl groups is 17. The highest BCUT2D eigenvalue weighted by molar-refractivity contribution is 5.77. The number of hydrogen-bond donors (Lipinski definition) is 17. The summed E-state index contributed by atoms with van der Waals surface area (Å²) in [6.07, 6.45) is -37.4. The van der Waals surface area contributed by atoms with Crippen molar-refractivity contribution in [2.24, 2.45) is 28.1 Å². The number of fused-ring (bicyclic) bond motifs is 3. The van der Waals surface area contributed by atoms with Gasteiger partial charge in [-0.25, -0.2) is 0 Å². The Hall–Kier alpha value is -1.83. The zero-order valence-electron chi connectivity index (χ0n) is 43.3. The van der Waals surface area contributed by atoms with Gasteiger partial charge in [-0.1, -0.05) is 19.9 Å². The van der Waals surface area contributed by atoms with Crippen molar-refractivity contribution in [2.75, 3.05) is 39.6 Å². The third kappa shape index (κ3) is 10.3. The lowest BCUT2D eigenvalue weighted by molar-refractivity contribution is -0.406. The van der Waals surface area contributed by atoms with Gasteiger partial charge in [0.05, 0.1) is 44.1 Å². The zero-order valence-corrected chi connectivity index (χ0v) is 43.3. The Morgan fingerprint density at radius 2 is 1.09 bits per heavy atom. The molecule has 0 aromatic heterocycles. The van der Waals surface area contributed by atoms with Crippen molar-refractivity contribution in [1.29, 1.82) is 0 Å². The molecule has 4 aliphatic carbocycles. The molecule has 5 heterocycles. The first kappa shape index (κ1) is 60.8. The van der Waals surface area contributed by atoms with E-state index in [1.165, 1.54) is 0 Å². The normalized spacial score (nSPS) is 54.5. The van der Waals surface area contributed by atoms with Gasteiger partial charge in [-0.3, -0.25) is 4.79 Å². The van der Waals surface area contributed by atoms with Crippen LogP contribution in [0, 0.1) is 28.1 Å². The molecule has 0 radical (unpaired) electrons. The molecule has 9 rings (SSSR count). The van der Waals surface area contributed by atoms with Gasteiger partial charge in [-0.2, -0.15) is 0 Å². The van der Waals surface area contributed by atoms with Crippen LogP contribution < -0.4 is 0 Å². The van der Waals surface area contributed by atoms with Crippen LogP contribution in [0.25, 0.3) is 0 Å². The summed E-state index contributed by atoms with van der Waals surface area (Å²) in [5, 5.41) is 182. The van der Waals surface area contributed by atoms with Crippen LogP contribution in [0.5, 0.6) is 0 Å². The summed E-state index contributed by atoms with van der Waals surface area (Å²) in [5.41, 5.74) is -2.83. The largest absolute Gasteiger partial charge is 0.432 e. The highest BCUT2D eigenvalue weighted by Crippen LogP contribution is 2.74. The van der Waals surface area contributed by atoms with Crippen LogP contribution in [0.2, 0.25) is 0 Å². The quantitative estimate of drug-likeness (QED) is 0.0313. The highest BCUT2D eigenvalue weighted by atomic mass is 16.8. The molecule has 28 heteroatoms. The number of hydrogen-bond acceptors (Lipinski definition) is 28. The topological polar surface area (TPSA) is 453 Å². The van der Waals surface area contributed by atoms with E-state index in [9.17, 15) is 91.6 Å². The third-order valence-corrected chi connectivity index (χ3v) is 19.3. The van der Waals surface area contributed by atoms with Gasteiger partial charge >= 0.3 is 5.97 Å². The van der Waals surface area contributed by atoms with E-state index in [1.54, 1.807) is 0 Å². The molecule has 0 aromatic carbocycles. The van der Waals surface area contributed by atoms with Crippen LogP contribution in [0.4, 0.5) is 0 Å². The number of aliphatic hydroxyl groups excluding tert-OH is 16. The van der Waals surface area contributed by atoms with Gasteiger partial charge in [0.1, 0.15) is 123 Å². The first-order valence-corrected chi connectivity index (χ1v) is 26.9. The van der Waals surface area contributed by atoms with Crippen molar-refractivity contribution in [3.8, 4) is 0 Å². The molecule has 9 fully saturated rings. The maximum atomic E-state index is 14.4. The maximum absolute atomic E-state index is 14.4. The molecule has 2 bridgehead atoms. The van der Waals surface area contributed by atoms with E-state index in [0.717, 1.165) is 0 Å². The van der Waals surface area contributed by atoms with Gasteiger partial charge in [-0.15, -0.1) is 0 Å². The second-order valence-electron chi connectivity index (χ2n) is 23.7. The number of carbonyl (C=O) groups is 1. The first-order chi connectivity index (χ1) is 36.8. The second kappa shape index (κ2) is 23.0. The summed E-state index contributed by atoms with van der Waals surface area (Å²) >= 11 is 0. The SMILES string of the molecule is C=C1CC23CCC4[C@](C)(C(=O)OC5OC(CO)C(O)C(O)C5O)CCC[C@@]4(C)[C@@H]2CC[C@]1(OC1OC(COC2(O)COC(CO)C(O)C2O)C(O)C(OC2OC(CO)C(O)C(O)C2O)C1OC1OC(CO)C(O)C(O)C1O)C3. The highest BCUT2D eigenvalue weighted by Gasteiger charge is 2.70. The molecule has 5 aliphatic heterocycles. The molecule has 4 saturated carbocycles. The van der Waals surface area contributed by atoms with Crippen LogP contribution in [0.3, 0.4) is 0 Å². The fourth-order valence-electron chi connectivity index (χ4n) is 14.9. The Morgan fingerprint density at radius 1 is 0.577 bits per heavy atom. The summed E-state index contributed by atoms with van der Waals surface area (Å²) in [5.74, 6) is -3.70. The minimum atomic E-state index is -2.69. The Kier molecular flexibility index (Phi) is 17.9. The first-order valence-electron chi connectivity index (χ1n) is 26.9. The summed E-state index contributed by atoms with van der Waals surface area (Å²) < 4.78 is 60.1. The molecule has 9 aliphatic rings. The molecule has 448 valence electrons. The lowest BCUT2D eigenvalue weighted by Gasteiger charge is -2.64. The minimum absolute atomic E-state index is 0.0660. The predicted molar refractivity (Wildman–Crippen MR) is 252 cm³/mol. The van der Waals surface area contributed by atoms with Crippen molar-refractivity contribution in [3.05, 3.63) is 12.2 Å². The van der Waals surface area contributed by atoms with Gasteiger partial charge in [-0.05, 0) is 86.5 Å². The maximum Gasteiger partial charge on any atom is 0.314 e. The average molecular weight is 1130 g/mol. The lowest BCUT2D eigenvalue weighted by Crippen LogP contribution is -2.68. The van der Waals surface area contributed by atoms with Crippen molar-refractivity contribution in [2.45, 2.75) is 224 Å². The van der Waals surface area contributed by atoms with E-state index in [4.69, 9.17) is 47.4 Å². The van der Waals surface area contributed by atoms with Crippen LogP contribution in [-0.4, -0.2) is 285 Å². The van der Waals surface area contributed by atoms with E-state index in [2.05, 4.69) is 13.5 Å². The molecule has 30 atom stereocenters. The summed E-state index contributed by atoms with van der Waals surface area (Å²) in [7, 11) is 0. The molecule has 5 saturated heterocycles. The molecule has 78 heavy (non-hydrogen) atoms. The van der Waals surface area contributed by atoms with E-state index in [1.807, 2.05) is 6.92 Å². The molecule has 28 nitrogen and oxygen atoms in total. The molecular formula is C50H80O28. The average Bonchev–Trinajstić information content (AvgIpc) is 3.56. The Labute approximate surface area is 448 Å². The van der Waals surface area contributed by atoms with Gasteiger partial charge < -0.3 is 134 Å². The Morgan fingerprint density at radius 3 is 1.65 bits per heavy atom. The van der Waals surface area contributed by atoms with Crippen molar-refractivity contribution < 1.29 is 139 Å². The van der Waals surface area contributed by atoms with Gasteiger partial charge in [0.15, 0.2) is 18.9 Å². The predicted octanol–water partition coefficient (Wildman–Crippen LogP) is -7.29. The Bertz CT molecular complexity index is 2090. The van der Waals surface area contributed by atoms with E-state index in [-0.39, 0.29) is 18.3 Å². The lowest BCUT2D eigenvalue weighted by atomic mass is 9.41. The van der Waals surface area contributed by atoms with Crippen LogP contribution in [0.1, 0.15) is 71.6 Å². The van der Waals surface area contributed by atoms with Crippen molar-refractivity contribution in [1.82, 2.24) is 0 Å². The van der Waals surface area contributed by atoms with E-state index < -0.39 is 214 Å². The smallest absolute Gasteiger partial charge is 0.314 e. The summed E-state index contributed by atoms with van der Waals surface area (Å²) in [6.45, 7) is 3.60. The van der Waals surface area contributed by atoms with Crippen molar-refractivity contribution >= 4 is 5.97 Å². The number of esters is 1. The molecule has 0 amide bonds. The summed E-state index contributed by atoms with van der Waals surface area (Å²) in [6, 6.07) is 0. The number of ether oxygens (including phenoxy) is 10. The Balaban J connectivity index is 1.03. The van der Waals surface area contributed by atoms with Gasteiger partial charge in [0.25, 0.3) is 0 Å². The standard InChI is InChI=1S/C50H80O28/c1-19-11-48-9-5-25-46(2,7-4-8-47(25,3)45(67)77-43-37(65)34(62)29(57)23(15-54)73-43)26(48)6-10-49(19,17-48)78-44-39(76-42-36(64)33(61)28(56)22(14-53)72-42)38(75-41-35(63)32(60)27(55)21(13-52)71-41)30(58)24(74-44)16-70-50(68)18-69-20(12-51)31(59)40(50)66/h20-44,51-66,68H,1,4-18H2,2-3H3/t20?,21?,22?,23?,24?,25?,26-,27?,28?,29?,30?,31?,32?,33?,34?,35?,36?,37?,38?,39?,40?,41?,42?,43?,44?,46+,47+,48?,49-,50?/m0/s1. The fraction of sp³-hybridized carbons (Fsp3) is 0.940. The second-order valence-corrected chi connectivity index (χ2v) is 23.7. The van der Waals surface area contributed by atoms with Crippen molar-refractivity contribution in [3.63, 3.8) is 0 Å². The molecule has 26 unspecified atom stereocenters. The molecule has 17 N–H and O–H groups in total. The molecule has 1 spiro atoms. The van der Waals surface area contributed by atoms with E-state index >= 15 is 0 Å². The molecule has 0 aromatic rings. The fourth-order valence-corrected chi connectivity index (χ4v) is 14.9. The minimum Gasteiger partial charge on any atom is -0.432 e. The van der Waals surface area contributed by atoms with E-state index in [0.29, 0.717) is 56.9 Å². The van der Waals surface area contributed by atoms with Gasteiger partial charge in [0.2, 0.25) is 12.1 Å². The monoisotopic (exact) mass is 1130 g/mol. The van der Waals surface area contributed by atoms with Crippen LogP contribution >= 0.6 is 0 Å². The zero-order chi connectivity index (χ0) is 56.8. The summed E-state index contributed by atoms with van der Waals surface area (Å²) in [4.78, 5) is 14.4. The number of rotatable bonds is 15. The van der Waals surface area contributed by atoms with Crippen LogP contribution in [0.15, 0.2) is 12.2 Å². The van der Waals surface area contributed by atoms with Gasteiger partial charge in [0, 0.05) is 0 Å². The molecular weight excluding hydrogens is 1050 g/mol.